The van der Waals surface area contributed by atoms with Crippen molar-refractivity contribution in [1.82, 2.24) is 9.88 Å². The van der Waals surface area contributed by atoms with Crippen molar-refractivity contribution in [3.63, 3.8) is 0 Å². The van der Waals surface area contributed by atoms with E-state index in [0.717, 1.165) is 31.2 Å². The Morgan fingerprint density at radius 1 is 0.515 bits per heavy atom. The van der Waals surface area contributed by atoms with Gasteiger partial charge >= 0.3 is 6.03 Å². The van der Waals surface area contributed by atoms with Gasteiger partial charge in [0, 0.05) is 18.9 Å². The molecule has 0 unspecified atom stereocenters. The molecule has 1 saturated carbocycles. The number of rotatable bonds is 4. The van der Waals surface area contributed by atoms with Gasteiger partial charge in [-0.2, -0.15) is 5.26 Å². The number of aromatic nitrogens is 1. The van der Waals surface area contributed by atoms with Crippen LogP contribution in [-0.2, 0) is 11.2 Å². The van der Waals surface area contributed by atoms with E-state index in [2.05, 4.69) is 11.1 Å². The number of benzene rings is 1. The number of halogens is 1. The molecule has 1 aromatic carbocycles. The molecule has 0 atom stereocenters. The van der Waals surface area contributed by atoms with Gasteiger partial charge in [-0.05, 0) is 61.6 Å². The highest BCUT2D eigenvalue weighted by atomic mass is 35.5. The lowest BCUT2D eigenvalue weighted by Gasteiger charge is -2.36. The van der Waals surface area contributed by atoms with Gasteiger partial charge in [-0.15, -0.1) is 0 Å². The van der Waals surface area contributed by atoms with Crippen LogP contribution < -0.4 is 4.90 Å². The highest BCUT2D eigenvalue weighted by Gasteiger charge is 2.56. The van der Waals surface area contributed by atoms with Crippen molar-refractivity contribution in [3.05, 3.63) is 58.4 Å². The maximum Gasteiger partial charge on any atom is 0.332 e. The number of nitrogens with zero attached hydrogens (tertiary/aromatic N) is 4. The predicted octanol–water partition coefficient (Wildman–Crippen LogP) is 18.7. The molecule has 2 heterocycles. The first-order chi connectivity index (χ1) is 32.5. The number of nitriles is 1. The van der Waals surface area contributed by atoms with Gasteiger partial charge in [0.05, 0.1) is 16.3 Å². The molecule has 2 aliphatic rings. The summed E-state index contributed by atoms with van der Waals surface area (Å²) >= 11 is 6.67. The van der Waals surface area contributed by atoms with Crippen LogP contribution in [0.1, 0.15) is 280 Å². The van der Waals surface area contributed by atoms with Gasteiger partial charge in [0.25, 0.3) is 5.91 Å². The van der Waals surface area contributed by atoms with Crippen LogP contribution in [0.4, 0.5) is 10.5 Å². The Kier molecular flexibility index (Phi) is 29.7. The molecule has 0 radical (unpaired) electrons. The van der Waals surface area contributed by atoms with Crippen molar-refractivity contribution < 1.29 is 9.59 Å². The van der Waals surface area contributed by atoms with Gasteiger partial charge < -0.3 is 4.90 Å². The number of pyridine rings is 1. The van der Waals surface area contributed by atoms with E-state index in [1.165, 1.54) is 230 Å². The second kappa shape index (κ2) is 35.2. The largest absolute Gasteiger partial charge is 0.332 e. The number of hydrogen-bond acceptors (Lipinski definition) is 4. The van der Waals surface area contributed by atoms with E-state index < -0.39 is 5.54 Å². The summed E-state index contributed by atoms with van der Waals surface area (Å²) in [5.41, 5.74) is 1.65. The Morgan fingerprint density at radius 2 is 0.833 bits per heavy atom. The Bertz CT molecular complexity index is 1580. The normalized spacial score (nSPS) is 21.3. The van der Waals surface area contributed by atoms with E-state index in [1.54, 1.807) is 24.5 Å². The zero-order valence-corrected chi connectivity index (χ0v) is 43.1. The minimum atomic E-state index is -0.900. The standard InChI is InChI=1S/C59H95ClN4O2/c1-52-55(42-41-54(51-61)56(52)60)64-57(65)59(63(58(64)66)50-45-53-43-48-62-49-44-53)46-39-37-35-33-31-29-27-25-23-21-19-17-15-13-11-9-7-5-3-2-4-6-8-10-12-14-16-18-20-22-24-26-28-30-32-34-36-38-40-47-59/h41-44,48-49H,2-40,45-47,50H2,1H3. The summed E-state index contributed by atoms with van der Waals surface area (Å²) in [5.74, 6) is -0.123. The zero-order valence-electron chi connectivity index (χ0n) is 42.4. The third kappa shape index (κ3) is 20.8. The van der Waals surface area contributed by atoms with Crippen molar-refractivity contribution in [2.45, 2.75) is 282 Å². The van der Waals surface area contributed by atoms with Crippen LogP contribution in [0.3, 0.4) is 0 Å². The molecule has 1 aliphatic heterocycles. The molecule has 1 aromatic heterocycles. The second-order valence-corrected chi connectivity index (χ2v) is 21.1. The topological polar surface area (TPSA) is 77.3 Å². The molecular formula is C59H95ClN4O2. The fourth-order valence-electron chi connectivity index (χ4n) is 11.0. The van der Waals surface area contributed by atoms with Crippen LogP contribution in [0.15, 0.2) is 36.7 Å². The quantitative estimate of drug-likeness (QED) is 0.286. The van der Waals surface area contributed by atoms with Gasteiger partial charge in [-0.25, -0.2) is 9.69 Å². The van der Waals surface area contributed by atoms with Gasteiger partial charge in [-0.1, -0.05) is 262 Å². The molecule has 2 fully saturated rings. The number of carbonyl (C=O) groups excluding carboxylic acids is 2. The number of anilines is 1. The van der Waals surface area contributed by atoms with Crippen molar-refractivity contribution in [2.75, 3.05) is 11.4 Å². The van der Waals surface area contributed by atoms with Crippen molar-refractivity contribution in [2.24, 2.45) is 0 Å². The van der Waals surface area contributed by atoms with E-state index in [0.29, 0.717) is 47.6 Å². The molecule has 66 heavy (non-hydrogen) atoms. The first kappa shape index (κ1) is 55.7. The average molecular weight is 928 g/mol. The number of urea groups is 1. The zero-order chi connectivity index (χ0) is 46.8. The molecule has 3 amide bonds. The minimum Gasteiger partial charge on any atom is -0.309 e. The summed E-state index contributed by atoms with van der Waals surface area (Å²) in [6, 6.07) is 9.28. The molecule has 1 spiro atoms. The monoisotopic (exact) mass is 927 g/mol. The summed E-state index contributed by atoms with van der Waals surface area (Å²) in [6.07, 6.45) is 58.0. The predicted molar refractivity (Wildman–Crippen MR) is 280 cm³/mol. The Hall–Kier alpha value is -2.91. The van der Waals surface area contributed by atoms with Crippen LogP contribution in [0.5, 0.6) is 0 Å². The van der Waals surface area contributed by atoms with Crippen molar-refractivity contribution in [3.8, 4) is 6.07 Å². The van der Waals surface area contributed by atoms with Gasteiger partial charge in [0.15, 0.2) is 0 Å². The number of hydrogen-bond donors (Lipinski definition) is 0. The molecule has 370 valence electrons. The van der Waals surface area contributed by atoms with E-state index in [-0.39, 0.29) is 11.9 Å². The maximum absolute atomic E-state index is 15.1. The van der Waals surface area contributed by atoms with E-state index in [4.69, 9.17) is 11.6 Å². The summed E-state index contributed by atoms with van der Waals surface area (Å²) in [6.45, 7) is 2.28. The lowest BCUT2D eigenvalue weighted by molar-refractivity contribution is -0.126. The lowest BCUT2D eigenvalue weighted by atomic mass is 9.84. The van der Waals surface area contributed by atoms with E-state index in [1.807, 2.05) is 24.0 Å². The number of carbonyl (C=O) groups is 2. The Labute approximate surface area is 410 Å². The first-order valence-electron chi connectivity index (χ1n) is 28.2. The molecule has 2 aromatic rings. The summed E-state index contributed by atoms with van der Waals surface area (Å²) in [5, 5.41) is 9.98. The van der Waals surface area contributed by atoms with Crippen LogP contribution in [0, 0.1) is 18.3 Å². The fraction of sp³-hybridized carbons (Fsp3) is 0.763. The molecule has 4 rings (SSSR count). The van der Waals surface area contributed by atoms with Crippen molar-refractivity contribution >= 4 is 29.2 Å². The van der Waals surface area contributed by atoms with Crippen LogP contribution in [0.25, 0.3) is 0 Å². The maximum atomic E-state index is 15.1. The van der Waals surface area contributed by atoms with E-state index in [9.17, 15) is 10.1 Å². The number of amides is 3. The average Bonchev–Trinajstić information content (AvgIpc) is 3.52. The fourth-order valence-corrected chi connectivity index (χ4v) is 11.2. The lowest BCUT2D eigenvalue weighted by Crippen LogP contribution is -2.50. The van der Waals surface area contributed by atoms with Gasteiger partial charge in [-0.3, -0.25) is 9.78 Å². The smallest absolute Gasteiger partial charge is 0.309 e. The van der Waals surface area contributed by atoms with Crippen LogP contribution in [-0.4, -0.2) is 33.9 Å². The second-order valence-electron chi connectivity index (χ2n) is 20.7. The van der Waals surface area contributed by atoms with Crippen LogP contribution in [0.2, 0.25) is 5.02 Å². The number of imide groups is 1. The summed E-state index contributed by atoms with van der Waals surface area (Å²) < 4.78 is 0. The highest BCUT2D eigenvalue weighted by molar-refractivity contribution is 6.33. The molecule has 1 aliphatic carbocycles. The van der Waals surface area contributed by atoms with Gasteiger partial charge in [0.1, 0.15) is 11.6 Å². The molecule has 7 heteroatoms. The summed E-state index contributed by atoms with van der Waals surface area (Å²) in [7, 11) is 0. The van der Waals surface area contributed by atoms with Crippen LogP contribution >= 0.6 is 11.6 Å². The summed E-state index contributed by atoms with van der Waals surface area (Å²) in [4.78, 5) is 37.3. The van der Waals surface area contributed by atoms with E-state index >= 15 is 4.79 Å². The Morgan fingerprint density at radius 3 is 1.15 bits per heavy atom. The Balaban J connectivity index is 1.32. The van der Waals surface area contributed by atoms with Gasteiger partial charge in [0.2, 0.25) is 0 Å². The molecule has 0 N–H and O–H groups in total. The molecular weight excluding hydrogens is 832 g/mol. The third-order valence-electron chi connectivity index (χ3n) is 15.3. The molecule has 1 saturated heterocycles. The SMILES string of the molecule is Cc1c(N2C(=O)N(CCc3ccncc3)C3(CCCCCCCCCCCCCCCCCCCCCCCCCCCCCCCCCCCCCCCCC3)C2=O)ccc(C#N)c1Cl. The highest BCUT2D eigenvalue weighted by Crippen LogP contribution is 2.42. The van der Waals surface area contributed by atoms with Crippen molar-refractivity contribution in [1.29, 1.82) is 5.26 Å². The molecule has 0 bridgehead atoms. The molecule has 6 nitrogen and oxygen atoms in total. The third-order valence-corrected chi connectivity index (χ3v) is 15.8. The minimum absolute atomic E-state index is 0.123. The first-order valence-corrected chi connectivity index (χ1v) is 28.6.